The number of sulfonamides is 1. The zero-order valence-corrected chi connectivity index (χ0v) is 19.4. The van der Waals surface area contributed by atoms with Gasteiger partial charge in [0.2, 0.25) is 10.0 Å². The topological polar surface area (TPSA) is 114 Å². The van der Waals surface area contributed by atoms with Gasteiger partial charge in [-0.2, -0.15) is 0 Å². The van der Waals surface area contributed by atoms with Crippen LogP contribution in [0.5, 0.6) is 0 Å². The molecule has 0 saturated carbocycles. The Bertz CT molecular complexity index is 1220. The van der Waals surface area contributed by atoms with E-state index in [-0.39, 0.29) is 21.8 Å². The Morgan fingerprint density at radius 1 is 1.22 bits per heavy atom. The van der Waals surface area contributed by atoms with Crippen LogP contribution < -0.4 is 10.0 Å². The van der Waals surface area contributed by atoms with Crippen molar-refractivity contribution in [3.8, 4) is 0 Å². The monoisotopic (exact) mass is 478 g/mol. The van der Waals surface area contributed by atoms with Crippen LogP contribution in [0.3, 0.4) is 0 Å². The molecule has 2 aromatic carbocycles. The van der Waals surface area contributed by atoms with E-state index in [0.29, 0.717) is 18.5 Å². The average Bonchev–Trinajstić information content (AvgIpc) is 3.25. The summed E-state index contributed by atoms with van der Waals surface area (Å²) >= 11 is 1.40. The first-order valence-electron chi connectivity index (χ1n) is 9.76. The minimum absolute atomic E-state index is 0.0226. The molecule has 0 spiro atoms. The number of anilines is 1. The number of nitro groups is 1. The van der Waals surface area contributed by atoms with E-state index < -0.39 is 26.3 Å². The Kier molecular flexibility index (Phi) is 6.91. The maximum atomic E-state index is 13.3. The summed E-state index contributed by atoms with van der Waals surface area (Å²) in [6.45, 7) is 5.22. The third kappa shape index (κ3) is 4.95. The van der Waals surface area contributed by atoms with Crippen LogP contribution in [0.2, 0.25) is 0 Å². The molecule has 8 nitrogen and oxygen atoms in total. The van der Waals surface area contributed by atoms with E-state index in [9.17, 15) is 22.9 Å². The van der Waals surface area contributed by atoms with Crippen molar-refractivity contribution < 1.29 is 17.7 Å². The van der Waals surface area contributed by atoms with E-state index in [4.69, 9.17) is 0 Å². The summed E-state index contributed by atoms with van der Waals surface area (Å²) in [5.41, 5.74) is 1.14. The molecule has 1 unspecified atom stereocenters. The molecule has 2 N–H and O–H groups in total. The Labute approximate surface area is 189 Å². The van der Waals surface area contributed by atoms with Crippen molar-refractivity contribution in [3.05, 3.63) is 80.0 Å². The normalized spacial score (nSPS) is 13.5. The minimum Gasteiger partial charge on any atom is -0.375 e. The number of hydrogen-bond acceptors (Lipinski definition) is 7. The highest BCUT2D eigenvalue weighted by Gasteiger charge is 2.34. The van der Waals surface area contributed by atoms with Crippen molar-refractivity contribution in [1.82, 2.24) is 9.71 Å². The molecule has 1 atom stereocenters. The first-order chi connectivity index (χ1) is 15.1. The molecule has 32 heavy (non-hydrogen) atoms. The van der Waals surface area contributed by atoms with Gasteiger partial charge in [0.25, 0.3) is 5.69 Å². The van der Waals surface area contributed by atoms with Gasteiger partial charge in [0, 0.05) is 16.6 Å². The molecule has 0 saturated heterocycles. The lowest BCUT2D eigenvalue weighted by molar-refractivity contribution is -0.384. The van der Waals surface area contributed by atoms with E-state index >= 15 is 0 Å². The molecule has 1 heterocycles. The molecule has 170 valence electrons. The highest BCUT2D eigenvalue weighted by Crippen LogP contribution is 2.35. The predicted octanol–water partition coefficient (Wildman–Crippen LogP) is 4.71. The number of thiazole rings is 1. The second kappa shape index (κ2) is 9.31. The zero-order valence-electron chi connectivity index (χ0n) is 17.8. The summed E-state index contributed by atoms with van der Waals surface area (Å²) in [5.74, 6) is -0.428. The average molecular weight is 479 g/mol. The van der Waals surface area contributed by atoms with Crippen molar-refractivity contribution in [3.63, 3.8) is 0 Å². The minimum atomic E-state index is -4.13. The Morgan fingerprint density at radius 2 is 1.91 bits per heavy atom. The Balaban J connectivity index is 1.97. The molecule has 0 bridgehead atoms. The first-order valence-corrected chi connectivity index (χ1v) is 12.1. The fraction of sp³-hybridized carbons (Fsp3) is 0.286. The van der Waals surface area contributed by atoms with Crippen molar-refractivity contribution in [2.24, 2.45) is 0 Å². The standard InChI is InChI=1S/C21H23FN4O4S2/c1-4-21(3,15-5-7-16(22)8-6-15)25-32(29,30)19-10-9-18(20(14(19)2)26(27)28)24-12-17-11-23-13-31-17/h5-11,13,24-25H,4,12H2,1-3H3. The summed E-state index contributed by atoms with van der Waals surface area (Å²) in [7, 11) is -4.13. The third-order valence-electron chi connectivity index (χ3n) is 5.34. The van der Waals surface area contributed by atoms with E-state index in [1.807, 2.05) is 0 Å². The lowest BCUT2D eigenvalue weighted by Gasteiger charge is -2.30. The summed E-state index contributed by atoms with van der Waals surface area (Å²) in [5, 5.41) is 14.8. The van der Waals surface area contributed by atoms with Crippen LogP contribution in [0.25, 0.3) is 0 Å². The number of nitro benzene ring substituents is 1. The van der Waals surface area contributed by atoms with Gasteiger partial charge in [0.15, 0.2) is 0 Å². The largest absolute Gasteiger partial charge is 0.375 e. The Hall–Kier alpha value is -2.89. The number of nitrogens with zero attached hydrogens (tertiary/aromatic N) is 2. The quantitative estimate of drug-likeness (QED) is 0.340. The smallest absolute Gasteiger partial charge is 0.296 e. The van der Waals surface area contributed by atoms with Gasteiger partial charge in [0.1, 0.15) is 11.5 Å². The molecule has 0 amide bonds. The third-order valence-corrected chi connectivity index (χ3v) is 7.86. The first kappa shape index (κ1) is 23.8. The summed E-state index contributed by atoms with van der Waals surface area (Å²) < 4.78 is 42.5. The zero-order chi connectivity index (χ0) is 23.5. The Morgan fingerprint density at radius 3 is 2.47 bits per heavy atom. The lowest BCUT2D eigenvalue weighted by Crippen LogP contribution is -2.43. The van der Waals surface area contributed by atoms with Crippen LogP contribution in [0, 0.1) is 22.9 Å². The van der Waals surface area contributed by atoms with Gasteiger partial charge in [0.05, 0.1) is 27.4 Å². The van der Waals surface area contributed by atoms with Crippen molar-refractivity contribution in [1.29, 1.82) is 0 Å². The van der Waals surface area contributed by atoms with Gasteiger partial charge in [-0.25, -0.2) is 17.5 Å². The van der Waals surface area contributed by atoms with Crippen LogP contribution in [0.1, 0.15) is 36.3 Å². The van der Waals surface area contributed by atoms with Crippen molar-refractivity contribution in [2.45, 2.75) is 44.2 Å². The van der Waals surface area contributed by atoms with Crippen molar-refractivity contribution >= 4 is 32.7 Å². The van der Waals surface area contributed by atoms with Gasteiger partial charge >= 0.3 is 0 Å². The van der Waals surface area contributed by atoms with Crippen LogP contribution in [0.15, 0.2) is 53.0 Å². The lowest BCUT2D eigenvalue weighted by atomic mass is 9.91. The molecular weight excluding hydrogens is 455 g/mol. The van der Waals surface area contributed by atoms with E-state index in [0.717, 1.165) is 4.88 Å². The summed E-state index contributed by atoms with van der Waals surface area (Å²) in [6.07, 6.45) is 2.04. The molecule has 0 aliphatic rings. The molecule has 3 rings (SSSR count). The van der Waals surface area contributed by atoms with Crippen molar-refractivity contribution in [2.75, 3.05) is 5.32 Å². The van der Waals surface area contributed by atoms with Gasteiger partial charge in [-0.15, -0.1) is 11.3 Å². The second-order valence-electron chi connectivity index (χ2n) is 7.46. The number of hydrogen-bond donors (Lipinski definition) is 2. The SMILES string of the molecule is CCC(C)(NS(=O)(=O)c1ccc(NCc2cncs2)c([N+](=O)[O-])c1C)c1ccc(F)cc1. The highest BCUT2D eigenvalue weighted by atomic mass is 32.2. The van der Waals surface area contributed by atoms with Crippen LogP contribution in [0.4, 0.5) is 15.8 Å². The van der Waals surface area contributed by atoms with Gasteiger partial charge in [-0.1, -0.05) is 19.1 Å². The van der Waals surface area contributed by atoms with E-state index in [1.165, 1.54) is 54.7 Å². The maximum Gasteiger partial charge on any atom is 0.296 e. The molecule has 0 aliphatic carbocycles. The van der Waals surface area contributed by atoms with Gasteiger partial charge in [-0.05, 0) is 50.1 Å². The second-order valence-corrected chi connectivity index (χ2v) is 10.1. The van der Waals surface area contributed by atoms with Crippen LogP contribution in [-0.2, 0) is 22.1 Å². The molecule has 1 aromatic heterocycles. The van der Waals surface area contributed by atoms with E-state index in [2.05, 4.69) is 15.0 Å². The molecule has 0 aliphatic heterocycles. The number of rotatable bonds is 9. The summed E-state index contributed by atoms with van der Waals surface area (Å²) in [4.78, 5) is 15.8. The van der Waals surface area contributed by atoms with Gasteiger partial charge < -0.3 is 5.32 Å². The maximum absolute atomic E-state index is 13.3. The molecule has 11 heteroatoms. The number of halogens is 1. The predicted molar refractivity (Wildman–Crippen MR) is 122 cm³/mol. The number of nitrogens with one attached hydrogen (secondary N) is 2. The summed E-state index contributed by atoms with van der Waals surface area (Å²) in [6, 6.07) is 8.29. The van der Waals surface area contributed by atoms with Crippen LogP contribution >= 0.6 is 11.3 Å². The van der Waals surface area contributed by atoms with E-state index in [1.54, 1.807) is 25.6 Å². The van der Waals surface area contributed by atoms with Gasteiger partial charge in [-0.3, -0.25) is 15.1 Å². The fourth-order valence-corrected chi connectivity index (χ4v) is 5.61. The molecule has 3 aromatic rings. The molecule has 0 fully saturated rings. The molecule has 0 radical (unpaired) electrons. The highest BCUT2D eigenvalue weighted by molar-refractivity contribution is 7.89. The van der Waals surface area contributed by atoms with Crippen LogP contribution in [-0.4, -0.2) is 18.3 Å². The number of benzene rings is 2. The fourth-order valence-electron chi connectivity index (χ4n) is 3.37. The number of aromatic nitrogens is 1. The molecular formula is C21H23FN4O4S2.